The molecule has 8 nitrogen and oxygen atoms in total. The molecule has 0 aliphatic rings. The van der Waals surface area contributed by atoms with Gasteiger partial charge in [0.15, 0.2) is 9.84 Å². The summed E-state index contributed by atoms with van der Waals surface area (Å²) in [5.41, 5.74) is 1.34. The van der Waals surface area contributed by atoms with Crippen LogP contribution in [0, 0.1) is 0 Å². The minimum atomic E-state index is -3.45. The number of rotatable bonds is 8. The fourth-order valence-electron chi connectivity index (χ4n) is 2.34. The van der Waals surface area contributed by atoms with Gasteiger partial charge in [0.1, 0.15) is 0 Å². The molecular formula is C19H23N3O5S. The Balaban J connectivity index is 2.06. The molecule has 0 radical (unpaired) electrons. The standard InChI is InChI=1S/C19H23N3O5S/c1-3-20-19(24)22-16-6-4-5-15(13-16)21-18(23)14-7-9-17(10-8-14)28(25,26)12-11-27-2/h4-10,13H,3,11-12H2,1-2H3,(H,21,23)(H2,20,22,24). The van der Waals surface area contributed by atoms with E-state index in [1.807, 2.05) is 6.92 Å². The zero-order valence-electron chi connectivity index (χ0n) is 15.7. The molecule has 150 valence electrons. The maximum absolute atomic E-state index is 12.4. The summed E-state index contributed by atoms with van der Waals surface area (Å²) in [5, 5.41) is 7.99. The molecule has 2 aromatic rings. The van der Waals surface area contributed by atoms with Gasteiger partial charge in [0, 0.05) is 30.6 Å². The van der Waals surface area contributed by atoms with Crippen LogP contribution in [-0.4, -0.2) is 46.4 Å². The number of nitrogens with one attached hydrogen (secondary N) is 3. The van der Waals surface area contributed by atoms with Gasteiger partial charge >= 0.3 is 6.03 Å². The van der Waals surface area contributed by atoms with E-state index in [1.54, 1.807) is 24.3 Å². The number of sulfone groups is 1. The highest BCUT2D eigenvalue weighted by molar-refractivity contribution is 7.91. The molecule has 0 saturated heterocycles. The van der Waals surface area contributed by atoms with Gasteiger partial charge < -0.3 is 20.7 Å². The van der Waals surface area contributed by atoms with Crippen LogP contribution in [-0.2, 0) is 14.6 Å². The monoisotopic (exact) mass is 405 g/mol. The number of benzene rings is 2. The highest BCUT2D eigenvalue weighted by atomic mass is 32.2. The summed E-state index contributed by atoms with van der Waals surface area (Å²) in [6.07, 6.45) is 0. The van der Waals surface area contributed by atoms with Crippen LogP contribution >= 0.6 is 0 Å². The Hall–Kier alpha value is -2.91. The molecule has 0 bridgehead atoms. The summed E-state index contributed by atoms with van der Waals surface area (Å²) in [7, 11) is -2.01. The first kappa shape index (κ1) is 21.4. The van der Waals surface area contributed by atoms with Crippen molar-refractivity contribution in [3.05, 3.63) is 54.1 Å². The first-order valence-corrected chi connectivity index (χ1v) is 10.3. The third-order valence-electron chi connectivity index (χ3n) is 3.75. The van der Waals surface area contributed by atoms with E-state index in [1.165, 1.54) is 31.4 Å². The molecule has 3 amide bonds. The molecule has 0 fully saturated rings. The van der Waals surface area contributed by atoms with Crippen molar-refractivity contribution in [3.8, 4) is 0 Å². The van der Waals surface area contributed by atoms with E-state index in [4.69, 9.17) is 4.74 Å². The first-order valence-electron chi connectivity index (χ1n) is 8.63. The zero-order valence-corrected chi connectivity index (χ0v) is 16.5. The number of hydrogen-bond donors (Lipinski definition) is 3. The van der Waals surface area contributed by atoms with Gasteiger partial charge in [-0.3, -0.25) is 4.79 Å². The van der Waals surface area contributed by atoms with E-state index in [-0.39, 0.29) is 23.3 Å². The van der Waals surface area contributed by atoms with Crippen molar-refractivity contribution in [1.29, 1.82) is 0 Å². The average Bonchev–Trinajstić information content (AvgIpc) is 2.67. The van der Waals surface area contributed by atoms with Gasteiger partial charge in [0.2, 0.25) is 0 Å². The van der Waals surface area contributed by atoms with Crippen LogP contribution in [0.3, 0.4) is 0 Å². The molecule has 0 atom stereocenters. The van der Waals surface area contributed by atoms with E-state index in [9.17, 15) is 18.0 Å². The summed E-state index contributed by atoms with van der Waals surface area (Å²) in [6, 6.07) is 12.1. The van der Waals surface area contributed by atoms with Crippen molar-refractivity contribution in [3.63, 3.8) is 0 Å². The highest BCUT2D eigenvalue weighted by Gasteiger charge is 2.15. The van der Waals surface area contributed by atoms with Crippen molar-refractivity contribution in [2.24, 2.45) is 0 Å². The Morgan fingerprint density at radius 1 is 1.00 bits per heavy atom. The Morgan fingerprint density at radius 2 is 1.64 bits per heavy atom. The molecule has 9 heteroatoms. The van der Waals surface area contributed by atoms with E-state index >= 15 is 0 Å². The normalized spacial score (nSPS) is 10.9. The number of anilines is 2. The molecule has 0 heterocycles. The molecule has 0 unspecified atom stereocenters. The minimum Gasteiger partial charge on any atom is -0.384 e. The maximum atomic E-state index is 12.4. The lowest BCUT2D eigenvalue weighted by Crippen LogP contribution is -2.28. The molecule has 3 N–H and O–H groups in total. The second kappa shape index (κ2) is 9.86. The van der Waals surface area contributed by atoms with Crippen molar-refractivity contribution >= 4 is 33.2 Å². The Bertz CT molecular complexity index is 927. The molecule has 0 aliphatic heterocycles. The van der Waals surface area contributed by atoms with Crippen molar-refractivity contribution < 1.29 is 22.7 Å². The summed E-state index contributed by atoms with van der Waals surface area (Å²) >= 11 is 0. The van der Waals surface area contributed by atoms with E-state index in [2.05, 4.69) is 16.0 Å². The van der Waals surface area contributed by atoms with Crippen molar-refractivity contribution in [1.82, 2.24) is 5.32 Å². The molecule has 0 spiro atoms. The lowest BCUT2D eigenvalue weighted by molar-refractivity contribution is 0.102. The number of carbonyl (C=O) groups is 2. The lowest BCUT2D eigenvalue weighted by atomic mass is 10.2. The van der Waals surface area contributed by atoms with E-state index < -0.39 is 15.7 Å². The quantitative estimate of drug-likeness (QED) is 0.624. The predicted molar refractivity (Wildman–Crippen MR) is 107 cm³/mol. The van der Waals surface area contributed by atoms with Gasteiger partial charge in [-0.25, -0.2) is 13.2 Å². The Labute approximate surface area is 164 Å². The molecular weight excluding hydrogens is 382 g/mol. The smallest absolute Gasteiger partial charge is 0.319 e. The van der Waals surface area contributed by atoms with Crippen LogP contribution in [0.4, 0.5) is 16.2 Å². The summed E-state index contributed by atoms with van der Waals surface area (Å²) in [6.45, 7) is 2.41. The van der Waals surface area contributed by atoms with Gasteiger partial charge in [0.05, 0.1) is 17.3 Å². The van der Waals surface area contributed by atoms with Gasteiger partial charge in [-0.15, -0.1) is 0 Å². The van der Waals surface area contributed by atoms with Crippen molar-refractivity contribution in [2.45, 2.75) is 11.8 Å². The SMILES string of the molecule is CCNC(=O)Nc1cccc(NC(=O)c2ccc(S(=O)(=O)CCOC)cc2)c1. The van der Waals surface area contributed by atoms with Crippen LogP contribution < -0.4 is 16.0 Å². The lowest BCUT2D eigenvalue weighted by Gasteiger charge is -2.10. The minimum absolute atomic E-state index is 0.102. The third kappa shape index (κ3) is 6.07. The fourth-order valence-corrected chi connectivity index (χ4v) is 3.51. The van der Waals surface area contributed by atoms with E-state index in [0.717, 1.165) is 0 Å². The van der Waals surface area contributed by atoms with Crippen LogP contribution in [0.25, 0.3) is 0 Å². The number of carbonyl (C=O) groups excluding carboxylic acids is 2. The van der Waals surface area contributed by atoms with Gasteiger partial charge in [-0.1, -0.05) is 6.07 Å². The first-order chi connectivity index (χ1) is 13.4. The number of hydrogen-bond acceptors (Lipinski definition) is 5. The predicted octanol–water partition coefficient (Wildman–Crippen LogP) is 2.50. The Kier molecular flexibility index (Phi) is 7.53. The molecule has 0 saturated carbocycles. The van der Waals surface area contributed by atoms with Gasteiger partial charge in [0.25, 0.3) is 5.91 Å². The highest BCUT2D eigenvalue weighted by Crippen LogP contribution is 2.17. The molecule has 28 heavy (non-hydrogen) atoms. The fraction of sp³-hybridized carbons (Fsp3) is 0.263. The molecule has 2 rings (SSSR count). The summed E-state index contributed by atoms with van der Waals surface area (Å²) < 4.78 is 29.0. The van der Waals surface area contributed by atoms with E-state index in [0.29, 0.717) is 23.5 Å². The number of ether oxygens (including phenoxy) is 1. The topological polar surface area (TPSA) is 114 Å². The molecule has 0 aliphatic carbocycles. The van der Waals surface area contributed by atoms with Crippen LogP contribution in [0.5, 0.6) is 0 Å². The summed E-state index contributed by atoms with van der Waals surface area (Å²) in [5.74, 6) is -0.517. The second-order valence-electron chi connectivity index (χ2n) is 5.86. The second-order valence-corrected chi connectivity index (χ2v) is 7.96. The molecule has 2 aromatic carbocycles. The summed E-state index contributed by atoms with van der Waals surface area (Å²) in [4.78, 5) is 24.1. The van der Waals surface area contributed by atoms with Crippen LogP contribution in [0.1, 0.15) is 17.3 Å². The van der Waals surface area contributed by atoms with Gasteiger partial charge in [-0.05, 0) is 49.4 Å². The Morgan fingerprint density at radius 3 is 2.25 bits per heavy atom. The largest absolute Gasteiger partial charge is 0.384 e. The van der Waals surface area contributed by atoms with Crippen molar-refractivity contribution in [2.75, 3.05) is 36.6 Å². The third-order valence-corrected chi connectivity index (χ3v) is 5.44. The van der Waals surface area contributed by atoms with Crippen LogP contribution in [0.2, 0.25) is 0 Å². The van der Waals surface area contributed by atoms with Gasteiger partial charge in [-0.2, -0.15) is 0 Å². The number of urea groups is 1. The average molecular weight is 405 g/mol. The number of amides is 3. The zero-order chi connectivity index (χ0) is 20.6. The maximum Gasteiger partial charge on any atom is 0.319 e. The van der Waals surface area contributed by atoms with Crippen LogP contribution in [0.15, 0.2) is 53.4 Å². The molecule has 0 aromatic heterocycles. The number of methoxy groups -OCH3 is 1.